The van der Waals surface area contributed by atoms with Crippen LogP contribution in [0.4, 0.5) is 0 Å². The second kappa shape index (κ2) is 4.52. The van der Waals surface area contributed by atoms with Crippen LogP contribution in [0.1, 0.15) is 36.2 Å². The summed E-state index contributed by atoms with van der Waals surface area (Å²) < 4.78 is 16.0. The number of carbonyl (C=O) groups excluding carboxylic acids is 1. The van der Waals surface area contributed by atoms with Crippen LogP contribution in [0.5, 0.6) is 11.5 Å². The molecule has 0 unspecified atom stereocenters. The Labute approximate surface area is 107 Å². The Balaban J connectivity index is 2.49. The van der Waals surface area contributed by atoms with E-state index in [2.05, 4.69) is 0 Å². The maximum atomic E-state index is 11.6. The molecule has 0 aromatic heterocycles. The van der Waals surface area contributed by atoms with E-state index in [1.54, 1.807) is 19.2 Å². The third-order valence-corrected chi connectivity index (χ3v) is 3.17. The fourth-order valence-electron chi connectivity index (χ4n) is 2.15. The van der Waals surface area contributed by atoms with Crippen LogP contribution in [0.3, 0.4) is 0 Å². The molecule has 2 rings (SSSR count). The number of hydrogen-bond acceptors (Lipinski definition) is 4. The second-order valence-electron chi connectivity index (χ2n) is 5.01. The lowest BCUT2D eigenvalue weighted by atomic mass is 9.93. The normalized spacial score (nSPS) is 16.4. The van der Waals surface area contributed by atoms with Gasteiger partial charge in [0.05, 0.1) is 19.8 Å². The highest BCUT2D eigenvalue weighted by Crippen LogP contribution is 2.39. The van der Waals surface area contributed by atoms with Crippen molar-refractivity contribution in [2.75, 3.05) is 14.2 Å². The van der Waals surface area contributed by atoms with Crippen molar-refractivity contribution in [2.45, 2.75) is 32.3 Å². The predicted molar refractivity (Wildman–Crippen MR) is 67.4 cm³/mol. The molecule has 0 atom stereocenters. The topological polar surface area (TPSA) is 44.8 Å². The van der Waals surface area contributed by atoms with Crippen molar-refractivity contribution in [3.05, 3.63) is 23.3 Å². The van der Waals surface area contributed by atoms with Gasteiger partial charge >= 0.3 is 5.97 Å². The van der Waals surface area contributed by atoms with Crippen LogP contribution in [0.15, 0.2) is 12.1 Å². The molecule has 0 N–H and O–H groups in total. The quantitative estimate of drug-likeness (QED) is 0.757. The third-order valence-electron chi connectivity index (χ3n) is 3.17. The van der Waals surface area contributed by atoms with Crippen molar-refractivity contribution in [1.29, 1.82) is 0 Å². The molecule has 1 aromatic rings. The summed E-state index contributed by atoms with van der Waals surface area (Å²) in [6.45, 7) is 4.07. The zero-order valence-corrected chi connectivity index (χ0v) is 11.2. The molecular formula is C14H18O4. The van der Waals surface area contributed by atoms with E-state index in [0.717, 1.165) is 18.4 Å². The number of ether oxygens (including phenoxy) is 3. The molecule has 0 saturated carbocycles. The first-order valence-corrected chi connectivity index (χ1v) is 5.95. The van der Waals surface area contributed by atoms with E-state index < -0.39 is 0 Å². The third kappa shape index (κ3) is 2.28. The van der Waals surface area contributed by atoms with Gasteiger partial charge in [0.15, 0.2) is 0 Å². The Morgan fingerprint density at radius 2 is 2.06 bits per heavy atom. The first-order chi connectivity index (χ1) is 8.46. The van der Waals surface area contributed by atoms with Gasteiger partial charge in [-0.25, -0.2) is 4.79 Å². The first-order valence-electron chi connectivity index (χ1n) is 5.95. The molecule has 0 fully saturated rings. The van der Waals surface area contributed by atoms with E-state index in [1.165, 1.54) is 7.11 Å². The monoisotopic (exact) mass is 250 g/mol. The molecule has 0 amide bonds. The minimum atomic E-state index is -0.386. The summed E-state index contributed by atoms with van der Waals surface area (Å²) in [5, 5.41) is 0. The van der Waals surface area contributed by atoms with Gasteiger partial charge in [-0.2, -0.15) is 0 Å². The van der Waals surface area contributed by atoms with Gasteiger partial charge in [-0.3, -0.25) is 0 Å². The molecule has 0 saturated heterocycles. The van der Waals surface area contributed by atoms with E-state index >= 15 is 0 Å². The largest absolute Gasteiger partial charge is 0.496 e. The minimum absolute atomic E-state index is 0.216. The van der Waals surface area contributed by atoms with Crippen LogP contribution < -0.4 is 9.47 Å². The molecule has 0 aliphatic carbocycles. The van der Waals surface area contributed by atoms with Crippen molar-refractivity contribution >= 4 is 5.97 Å². The van der Waals surface area contributed by atoms with Gasteiger partial charge in [-0.05, 0) is 38.8 Å². The maximum absolute atomic E-state index is 11.6. The standard InChI is InChI=1S/C14H18O4/c1-14(2)6-5-10-11(16-3)7-9(13(15)17-4)8-12(10)18-14/h7-8H,5-6H2,1-4H3. The Hall–Kier alpha value is -1.71. The number of carbonyl (C=O) groups is 1. The van der Waals surface area contributed by atoms with E-state index in [1.807, 2.05) is 13.8 Å². The number of rotatable bonds is 2. The molecule has 98 valence electrons. The van der Waals surface area contributed by atoms with Crippen molar-refractivity contribution in [3.8, 4) is 11.5 Å². The molecule has 4 heteroatoms. The SMILES string of the molecule is COC(=O)c1cc(OC)c2c(c1)OC(C)(C)CC2. The van der Waals surface area contributed by atoms with E-state index in [0.29, 0.717) is 17.1 Å². The number of methoxy groups -OCH3 is 2. The fraction of sp³-hybridized carbons (Fsp3) is 0.500. The van der Waals surface area contributed by atoms with Crippen molar-refractivity contribution in [3.63, 3.8) is 0 Å². The lowest BCUT2D eigenvalue weighted by Gasteiger charge is -2.33. The number of benzene rings is 1. The molecule has 1 aliphatic rings. The van der Waals surface area contributed by atoms with Gasteiger partial charge in [0.1, 0.15) is 17.1 Å². The van der Waals surface area contributed by atoms with Crippen LogP contribution in [0.2, 0.25) is 0 Å². The summed E-state index contributed by atoms with van der Waals surface area (Å²) in [4.78, 5) is 11.6. The maximum Gasteiger partial charge on any atom is 0.338 e. The zero-order valence-electron chi connectivity index (χ0n) is 11.2. The predicted octanol–water partition coefficient (Wildman–Crippen LogP) is 2.59. The number of esters is 1. The highest BCUT2D eigenvalue weighted by atomic mass is 16.5. The number of hydrogen-bond donors (Lipinski definition) is 0. The van der Waals surface area contributed by atoms with Gasteiger partial charge in [0, 0.05) is 5.56 Å². The Kier molecular flexibility index (Phi) is 3.20. The molecule has 1 aliphatic heterocycles. The lowest BCUT2D eigenvalue weighted by Crippen LogP contribution is -2.32. The average Bonchev–Trinajstić information content (AvgIpc) is 2.34. The summed E-state index contributed by atoms with van der Waals surface area (Å²) >= 11 is 0. The molecule has 0 radical (unpaired) electrons. The van der Waals surface area contributed by atoms with Crippen molar-refractivity contribution in [2.24, 2.45) is 0 Å². The smallest absolute Gasteiger partial charge is 0.338 e. The van der Waals surface area contributed by atoms with Crippen LogP contribution in [-0.2, 0) is 11.2 Å². The summed E-state index contributed by atoms with van der Waals surface area (Å²) in [5.74, 6) is 1.01. The summed E-state index contributed by atoms with van der Waals surface area (Å²) in [6, 6.07) is 3.43. The summed E-state index contributed by atoms with van der Waals surface area (Å²) in [7, 11) is 2.95. The van der Waals surface area contributed by atoms with Gasteiger partial charge in [-0.15, -0.1) is 0 Å². The molecule has 1 aromatic carbocycles. The lowest BCUT2D eigenvalue weighted by molar-refractivity contribution is 0.0593. The molecule has 18 heavy (non-hydrogen) atoms. The van der Waals surface area contributed by atoms with Gasteiger partial charge in [0.25, 0.3) is 0 Å². The fourth-order valence-corrected chi connectivity index (χ4v) is 2.15. The summed E-state index contributed by atoms with van der Waals surface area (Å²) in [5.41, 5.74) is 1.25. The van der Waals surface area contributed by atoms with E-state index in [-0.39, 0.29) is 11.6 Å². The molecular weight excluding hydrogens is 232 g/mol. The van der Waals surface area contributed by atoms with Crippen LogP contribution in [0.25, 0.3) is 0 Å². The molecule has 0 bridgehead atoms. The van der Waals surface area contributed by atoms with Crippen LogP contribution in [0, 0.1) is 0 Å². The van der Waals surface area contributed by atoms with Gasteiger partial charge in [0.2, 0.25) is 0 Å². The number of fused-ring (bicyclic) bond motifs is 1. The minimum Gasteiger partial charge on any atom is -0.496 e. The second-order valence-corrected chi connectivity index (χ2v) is 5.01. The molecule has 1 heterocycles. The van der Waals surface area contributed by atoms with Gasteiger partial charge in [-0.1, -0.05) is 0 Å². The molecule has 0 spiro atoms. The van der Waals surface area contributed by atoms with Crippen LogP contribution >= 0.6 is 0 Å². The molecule has 4 nitrogen and oxygen atoms in total. The van der Waals surface area contributed by atoms with E-state index in [9.17, 15) is 4.79 Å². The van der Waals surface area contributed by atoms with E-state index in [4.69, 9.17) is 14.2 Å². The Morgan fingerprint density at radius 3 is 2.67 bits per heavy atom. The average molecular weight is 250 g/mol. The van der Waals surface area contributed by atoms with Crippen molar-refractivity contribution in [1.82, 2.24) is 0 Å². The Bertz CT molecular complexity index is 477. The highest BCUT2D eigenvalue weighted by molar-refractivity contribution is 5.90. The van der Waals surface area contributed by atoms with Gasteiger partial charge < -0.3 is 14.2 Å². The summed E-state index contributed by atoms with van der Waals surface area (Å²) in [6.07, 6.45) is 1.81. The zero-order chi connectivity index (χ0) is 13.3. The van der Waals surface area contributed by atoms with Crippen LogP contribution in [-0.4, -0.2) is 25.8 Å². The van der Waals surface area contributed by atoms with Crippen molar-refractivity contribution < 1.29 is 19.0 Å². The first kappa shape index (κ1) is 12.7. The highest BCUT2D eigenvalue weighted by Gasteiger charge is 2.29. The Morgan fingerprint density at radius 1 is 1.33 bits per heavy atom.